The molecule has 16 heavy (non-hydrogen) atoms. The van der Waals surface area contributed by atoms with Crippen molar-refractivity contribution >= 4 is 17.3 Å². The normalized spacial score (nSPS) is 27.8. The van der Waals surface area contributed by atoms with Crippen LogP contribution in [0.1, 0.15) is 30.4 Å². The van der Waals surface area contributed by atoms with Gasteiger partial charge in [-0.25, -0.2) is 0 Å². The molecular formula is C14H18ClN. The second-order valence-electron chi connectivity index (χ2n) is 5.23. The molecule has 0 aromatic heterocycles. The Kier molecular flexibility index (Phi) is 2.59. The molecule has 1 heterocycles. The fourth-order valence-corrected chi connectivity index (χ4v) is 3.55. The summed E-state index contributed by atoms with van der Waals surface area (Å²) >= 11 is 5.89. The highest BCUT2D eigenvalue weighted by atomic mass is 35.5. The van der Waals surface area contributed by atoms with Gasteiger partial charge in [0.1, 0.15) is 0 Å². The van der Waals surface area contributed by atoms with E-state index >= 15 is 0 Å². The minimum atomic E-state index is 0.623. The van der Waals surface area contributed by atoms with Crippen molar-refractivity contribution < 1.29 is 0 Å². The lowest BCUT2D eigenvalue weighted by Gasteiger charge is -2.29. The summed E-state index contributed by atoms with van der Waals surface area (Å²) in [4.78, 5) is 2.60. The summed E-state index contributed by atoms with van der Waals surface area (Å²) in [6.45, 7) is 3.43. The number of benzene rings is 1. The first kappa shape index (κ1) is 10.5. The minimum Gasteiger partial charge on any atom is -0.368 e. The lowest BCUT2D eigenvalue weighted by Crippen LogP contribution is -2.31. The Balaban J connectivity index is 1.87. The largest absolute Gasteiger partial charge is 0.368 e. The maximum absolute atomic E-state index is 5.89. The van der Waals surface area contributed by atoms with Crippen molar-refractivity contribution in [1.29, 1.82) is 0 Å². The molecule has 0 radical (unpaired) electrons. The highest BCUT2D eigenvalue weighted by Crippen LogP contribution is 2.40. The molecule has 1 aliphatic carbocycles. The van der Waals surface area contributed by atoms with Crippen LogP contribution >= 0.6 is 11.6 Å². The maximum atomic E-state index is 5.89. The van der Waals surface area contributed by atoms with Gasteiger partial charge < -0.3 is 4.90 Å². The minimum absolute atomic E-state index is 0.623. The number of alkyl halides is 1. The van der Waals surface area contributed by atoms with E-state index in [4.69, 9.17) is 11.6 Å². The third-order valence-corrected chi connectivity index (χ3v) is 4.50. The molecule has 2 atom stereocenters. The number of rotatable bonds is 2. The lowest BCUT2D eigenvalue weighted by atomic mass is 10.1. The number of aryl methyl sites for hydroxylation is 1. The molecule has 0 spiro atoms. The third kappa shape index (κ3) is 1.62. The molecule has 0 N–H and O–H groups in total. The zero-order chi connectivity index (χ0) is 11.1. The summed E-state index contributed by atoms with van der Waals surface area (Å²) in [5, 5.41) is 0. The Morgan fingerprint density at radius 1 is 1.38 bits per heavy atom. The van der Waals surface area contributed by atoms with Crippen molar-refractivity contribution in [2.45, 2.75) is 38.1 Å². The summed E-state index contributed by atoms with van der Waals surface area (Å²) in [6, 6.07) is 7.54. The molecule has 1 nitrogen and oxygen atoms in total. The molecular weight excluding hydrogens is 218 g/mol. The average Bonchev–Trinajstić information content (AvgIpc) is 2.90. The van der Waals surface area contributed by atoms with E-state index in [-0.39, 0.29) is 0 Å². The van der Waals surface area contributed by atoms with Gasteiger partial charge in [0.15, 0.2) is 0 Å². The number of hydrogen-bond donors (Lipinski definition) is 0. The monoisotopic (exact) mass is 235 g/mol. The highest BCUT2D eigenvalue weighted by Gasteiger charge is 2.37. The predicted octanol–water partition coefficient (Wildman–Crippen LogP) is 3.72. The smallest absolute Gasteiger partial charge is 0.0476 e. The quantitative estimate of drug-likeness (QED) is 0.707. The van der Waals surface area contributed by atoms with Crippen LogP contribution in [0.2, 0.25) is 0 Å². The summed E-state index contributed by atoms with van der Waals surface area (Å²) in [7, 11) is 0. The SMILES string of the molecule is Cc1cc(N2CC3CCC2C3)ccc1CCl. The lowest BCUT2D eigenvalue weighted by molar-refractivity contribution is 0.553. The van der Waals surface area contributed by atoms with Crippen molar-refractivity contribution in [1.82, 2.24) is 0 Å². The number of fused-ring (bicyclic) bond motifs is 2. The van der Waals surface area contributed by atoms with Crippen LogP contribution in [0.5, 0.6) is 0 Å². The van der Waals surface area contributed by atoms with E-state index in [0.717, 1.165) is 12.0 Å². The molecule has 2 heteroatoms. The van der Waals surface area contributed by atoms with Crippen molar-refractivity contribution in [2.24, 2.45) is 5.92 Å². The van der Waals surface area contributed by atoms with Crippen LogP contribution in [0.15, 0.2) is 18.2 Å². The molecule has 0 amide bonds. The summed E-state index contributed by atoms with van der Waals surface area (Å²) in [5.74, 6) is 1.58. The zero-order valence-electron chi connectivity index (χ0n) is 9.75. The molecule has 2 unspecified atom stereocenters. The average molecular weight is 236 g/mol. The van der Waals surface area contributed by atoms with E-state index in [9.17, 15) is 0 Å². The topological polar surface area (TPSA) is 3.24 Å². The van der Waals surface area contributed by atoms with Gasteiger partial charge in [-0.3, -0.25) is 0 Å². The van der Waals surface area contributed by atoms with Crippen molar-refractivity contribution in [3.63, 3.8) is 0 Å². The predicted molar refractivity (Wildman–Crippen MR) is 69.2 cm³/mol. The molecule has 1 aromatic carbocycles. The fourth-order valence-electron chi connectivity index (χ4n) is 3.25. The summed E-state index contributed by atoms with van der Waals surface area (Å²) in [6.07, 6.45) is 4.25. The second-order valence-corrected chi connectivity index (χ2v) is 5.50. The van der Waals surface area contributed by atoms with E-state index in [1.807, 2.05) is 0 Å². The van der Waals surface area contributed by atoms with E-state index in [1.54, 1.807) is 0 Å². The van der Waals surface area contributed by atoms with Crippen LogP contribution in [-0.2, 0) is 5.88 Å². The Bertz CT molecular complexity index is 402. The fraction of sp³-hybridized carbons (Fsp3) is 0.571. The van der Waals surface area contributed by atoms with Crippen LogP contribution in [-0.4, -0.2) is 12.6 Å². The van der Waals surface area contributed by atoms with Gasteiger partial charge in [-0.1, -0.05) is 6.07 Å². The second kappa shape index (κ2) is 3.96. The van der Waals surface area contributed by atoms with E-state index in [1.165, 1.54) is 42.6 Å². The van der Waals surface area contributed by atoms with Crippen LogP contribution in [0, 0.1) is 12.8 Å². The van der Waals surface area contributed by atoms with E-state index < -0.39 is 0 Å². The van der Waals surface area contributed by atoms with Crippen molar-refractivity contribution in [3.8, 4) is 0 Å². The number of piperidine rings is 1. The molecule has 1 saturated heterocycles. The Morgan fingerprint density at radius 2 is 2.25 bits per heavy atom. The van der Waals surface area contributed by atoms with Gasteiger partial charge in [-0.15, -0.1) is 11.6 Å². The zero-order valence-corrected chi connectivity index (χ0v) is 10.5. The van der Waals surface area contributed by atoms with Crippen LogP contribution < -0.4 is 4.90 Å². The highest BCUT2D eigenvalue weighted by molar-refractivity contribution is 6.17. The first-order chi connectivity index (χ1) is 7.78. The van der Waals surface area contributed by atoms with Gasteiger partial charge in [0.2, 0.25) is 0 Å². The number of anilines is 1. The van der Waals surface area contributed by atoms with Crippen molar-refractivity contribution in [2.75, 3.05) is 11.4 Å². The Hall–Kier alpha value is -0.690. The molecule has 2 bridgehead atoms. The number of hydrogen-bond acceptors (Lipinski definition) is 1. The molecule has 1 saturated carbocycles. The summed E-state index contributed by atoms with van der Waals surface area (Å²) in [5.41, 5.74) is 3.99. The standard InChI is InChI=1S/C14H18ClN/c1-10-6-13(5-3-12(10)8-15)16-9-11-2-4-14(16)7-11/h3,5-6,11,14H,2,4,7-9H2,1H3. The van der Waals surface area contributed by atoms with Crippen LogP contribution in [0.25, 0.3) is 0 Å². The third-order valence-electron chi connectivity index (χ3n) is 4.21. The van der Waals surface area contributed by atoms with Crippen LogP contribution in [0.3, 0.4) is 0 Å². The van der Waals surface area contributed by atoms with Gasteiger partial charge >= 0.3 is 0 Å². The summed E-state index contributed by atoms with van der Waals surface area (Å²) < 4.78 is 0. The number of halogens is 1. The van der Waals surface area contributed by atoms with Gasteiger partial charge in [-0.2, -0.15) is 0 Å². The van der Waals surface area contributed by atoms with Gasteiger partial charge in [0.05, 0.1) is 0 Å². The number of nitrogens with zero attached hydrogens (tertiary/aromatic N) is 1. The van der Waals surface area contributed by atoms with E-state index in [2.05, 4.69) is 30.0 Å². The van der Waals surface area contributed by atoms with E-state index in [0.29, 0.717) is 5.88 Å². The Morgan fingerprint density at radius 3 is 2.81 bits per heavy atom. The maximum Gasteiger partial charge on any atom is 0.0476 e. The van der Waals surface area contributed by atoms with Crippen LogP contribution in [0.4, 0.5) is 5.69 Å². The molecule has 86 valence electrons. The molecule has 3 rings (SSSR count). The van der Waals surface area contributed by atoms with Gasteiger partial charge in [-0.05, 0) is 55.4 Å². The van der Waals surface area contributed by atoms with Gasteiger partial charge in [0.25, 0.3) is 0 Å². The molecule has 2 fully saturated rings. The molecule has 1 aromatic rings. The van der Waals surface area contributed by atoms with Gasteiger partial charge in [0, 0.05) is 24.2 Å². The Labute approximate surface area is 102 Å². The first-order valence-corrected chi connectivity index (χ1v) is 6.73. The first-order valence-electron chi connectivity index (χ1n) is 6.20. The van der Waals surface area contributed by atoms with Crippen molar-refractivity contribution in [3.05, 3.63) is 29.3 Å². The molecule has 1 aliphatic heterocycles. The molecule has 2 aliphatic rings.